The fourth-order valence-corrected chi connectivity index (χ4v) is 2.05. The van der Waals surface area contributed by atoms with Crippen molar-refractivity contribution in [3.63, 3.8) is 0 Å². The summed E-state index contributed by atoms with van der Waals surface area (Å²) in [6, 6.07) is 9.19. The Balaban J connectivity index is 1.56. The van der Waals surface area contributed by atoms with Gasteiger partial charge in [-0.05, 0) is 38.1 Å². The van der Waals surface area contributed by atoms with Crippen LogP contribution in [0.1, 0.15) is 12.8 Å². The molecule has 104 valence electrons. The number of amides is 2. The highest BCUT2D eigenvalue weighted by atomic mass is 16.5. The number of carbonyl (C=O) groups is 1. The second-order valence-electron chi connectivity index (χ2n) is 4.57. The third-order valence-electron chi connectivity index (χ3n) is 3.06. The Hall–Kier alpha value is -1.59. The van der Waals surface area contributed by atoms with Crippen LogP contribution in [0.15, 0.2) is 30.3 Å². The van der Waals surface area contributed by atoms with E-state index in [1.54, 1.807) is 0 Å². The number of piperidine rings is 1. The number of nitrogens with one attached hydrogen (secondary N) is 3. The Labute approximate surface area is 113 Å². The van der Waals surface area contributed by atoms with Crippen LogP contribution in [-0.2, 0) is 4.74 Å². The Morgan fingerprint density at radius 3 is 2.74 bits per heavy atom. The summed E-state index contributed by atoms with van der Waals surface area (Å²) < 4.78 is 5.70. The Kier molecular flexibility index (Phi) is 5.65. The van der Waals surface area contributed by atoms with E-state index in [0.717, 1.165) is 31.6 Å². The van der Waals surface area contributed by atoms with Gasteiger partial charge in [-0.2, -0.15) is 0 Å². The fraction of sp³-hybridized carbons (Fsp3) is 0.500. The van der Waals surface area contributed by atoms with Gasteiger partial charge in [-0.15, -0.1) is 0 Å². The molecular formula is C14H21N3O2. The van der Waals surface area contributed by atoms with Gasteiger partial charge in [0.15, 0.2) is 0 Å². The molecule has 1 saturated heterocycles. The van der Waals surface area contributed by atoms with Gasteiger partial charge in [0.25, 0.3) is 0 Å². The smallest absolute Gasteiger partial charge is 0.319 e. The van der Waals surface area contributed by atoms with Gasteiger partial charge in [0, 0.05) is 12.2 Å². The Morgan fingerprint density at radius 2 is 2.00 bits per heavy atom. The van der Waals surface area contributed by atoms with E-state index in [4.69, 9.17) is 4.74 Å². The molecule has 1 aromatic carbocycles. The van der Waals surface area contributed by atoms with Crippen LogP contribution in [0.5, 0.6) is 0 Å². The number of hydrogen-bond acceptors (Lipinski definition) is 3. The molecule has 2 amide bonds. The van der Waals surface area contributed by atoms with Gasteiger partial charge in [0.2, 0.25) is 0 Å². The van der Waals surface area contributed by atoms with Gasteiger partial charge in [0.05, 0.1) is 12.7 Å². The standard InChI is InChI=1S/C14H21N3O2/c18-14(17-12-4-2-1-3-5-12)16-10-11-19-13-6-8-15-9-7-13/h1-5,13,15H,6-11H2,(H2,16,17,18). The van der Waals surface area contributed by atoms with Crippen molar-refractivity contribution in [2.45, 2.75) is 18.9 Å². The SMILES string of the molecule is O=C(NCCOC1CCNCC1)Nc1ccccc1. The summed E-state index contributed by atoms with van der Waals surface area (Å²) in [5.41, 5.74) is 0.791. The average Bonchev–Trinajstić information content (AvgIpc) is 2.46. The van der Waals surface area contributed by atoms with Crippen LogP contribution in [0.4, 0.5) is 10.5 Å². The quantitative estimate of drug-likeness (QED) is 0.707. The maximum absolute atomic E-state index is 11.6. The monoisotopic (exact) mass is 263 g/mol. The largest absolute Gasteiger partial charge is 0.376 e. The molecule has 2 rings (SSSR count). The highest BCUT2D eigenvalue weighted by Gasteiger charge is 2.12. The fourth-order valence-electron chi connectivity index (χ4n) is 2.05. The zero-order chi connectivity index (χ0) is 13.3. The molecular weight excluding hydrogens is 242 g/mol. The third kappa shape index (κ3) is 5.28. The number of carbonyl (C=O) groups excluding carboxylic acids is 1. The second-order valence-corrected chi connectivity index (χ2v) is 4.57. The first kappa shape index (κ1) is 13.8. The van der Waals surface area contributed by atoms with Crippen LogP contribution in [0.2, 0.25) is 0 Å². The predicted octanol–water partition coefficient (Wildman–Crippen LogP) is 1.58. The number of para-hydroxylation sites is 1. The first-order chi connectivity index (χ1) is 9.34. The van der Waals surface area contributed by atoms with Gasteiger partial charge < -0.3 is 20.7 Å². The van der Waals surface area contributed by atoms with E-state index in [9.17, 15) is 4.79 Å². The van der Waals surface area contributed by atoms with Crippen molar-refractivity contribution in [1.29, 1.82) is 0 Å². The van der Waals surface area contributed by atoms with Gasteiger partial charge in [-0.1, -0.05) is 18.2 Å². The van der Waals surface area contributed by atoms with Crippen molar-refractivity contribution < 1.29 is 9.53 Å². The molecule has 0 saturated carbocycles. The summed E-state index contributed by atoms with van der Waals surface area (Å²) in [5.74, 6) is 0. The average molecular weight is 263 g/mol. The lowest BCUT2D eigenvalue weighted by Gasteiger charge is -2.22. The number of rotatable bonds is 5. The second kappa shape index (κ2) is 7.76. The number of urea groups is 1. The summed E-state index contributed by atoms with van der Waals surface area (Å²) in [4.78, 5) is 11.6. The zero-order valence-corrected chi connectivity index (χ0v) is 11.0. The lowest BCUT2D eigenvalue weighted by atomic mass is 10.1. The summed E-state index contributed by atoms with van der Waals surface area (Å²) in [7, 11) is 0. The first-order valence-electron chi connectivity index (χ1n) is 6.77. The van der Waals surface area contributed by atoms with E-state index in [2.05, 4.69) is 16.0 Å². The molecule has 5 heteroatoms. The minimum atomic E-state index is -0.194. The lowest BCUT2D eigenvalue weighted by Crippen LogP contribution is -2.35. The summed E-state index contributed by atoms with van der Waals surface area (Å²) >= 11 is 0. The van der Waals surface area contributed by atoms with Crippen molar-refractivity contribution in [1.82, 2.24) is 10.6 Å². The van der Waals surface area contributed by atoms with Crippen LogP contribution in [0.25, 0.3) is 0 Å². The first-order valence-corrected chi connectivity index (χ1v) is 6.77. The molecule has 5 nitrogen and oxygen atoms in total. The molecule has 0 spiro atoms. The zero-order valence-electron chi connectivity index (χ0n) is 11.0. The molecule has 1 aliphatic rings. The molecule has 0 unspecified atom stereocenters. The highest BCUT2D eigenvalue weighted by molar-refractivity contribution is 5.89. The van der Waals surface area contributed by atoms with E-state index in [0.29, 0.717) is 19.3 Å². The molecule has 0 aliphatic carbocycles. The molecule has 1 heterocycles. The Morgan fingerprint density at radius 1 is 1.26 bits per heavy atom. The molecule has 0 aromatic heterocycles. The van der Waals surface area contributed by atoms with E-state index < -0.39 is 0 Å². The summed E-state index contributed by atoms with van der Waals surface area (Å²) in [6.45, 7) is 3.13. The molecule has 0 bridgehead atoms. The van der Waals surface area contributed by atoms with Crippen LogP contribution >= 0.6 is 0 Å². The van der Waals surface area contributed by atoms with E-state index >= 15 is 0 Å². The van der Waals surface area contributed by atoms with Crippen molar-refractivity contribution >= 4 is 11.7 Å². The van der Waals surface area contributed by atoms with Gasteiger partial charge in [-0.3, -0.25) is 0 Å². The molecule has 3 N–H and O–H groups in total. The third-order valence-corrected chi connectivity index (χ3v) is 3.06. The topological polar surface area (TPSA) is 62.4 Å². The molecule has 0 atom stereocenters. The number of ether oxygens (including phenoxy) is 1. The number of hydrogen-bond donors (Lipinski definition) is 3. The molecule has 1 aliphatic heterocycles. The van der Waals surface area contributed by atoms with Crippen molar-refractivity contribution in [3.8, 4) is 0 Å². The van der Waals surface area contributed by atoms with Gasteiger partial charge in [0.1, 0.15) is 0 Å². The van der Waals surface area contributed by atoms with Crippen LogP contribution in [-0.4, -0.2) is 38.4 Å². The van der Waals surface area contributed by atoms with Gasteiger partial charge in [-0.25, -0.2) is 4.79 Å². The molecule has 1 fully saturated rings. The van der Waals surface area contributed by atoms with Crippen LogP contribution < -0.4 is 16.0 Å². The maximum Gasteiger partial charge on any atom is 0.319 e. The molecule has 0 radical (unpaired) electrons. The van der Waals surface area contributed by atoms with Crippen molar-refractivity contribution in [2.24, 2.45) is 0 Å². The van der Waals surface area contributed by atoms with E-state index in [1.807, 2.05) is 30.3 Å². The summed E-state index contributed by atoms with van der Waals surface area (Å²) in [6.07, 6.45) is 2.44. The summed E-state index contributed by atoms with van der Waals surface area (Å²) in [5, 5.41) is 8.84. The Bertz CT molecular complexity index is 378. The lowest BCUT2D eigenvalue weighted by molar-refractivity contribution is 0.0358. The number of anilines is 1. The van der Waals surface area contributed by atoms with Crippen LogP contribution in [0.3, 0.4) is 0 Å². The van der Waals surface area contributed by atoms with Crippen molar-refractivity contribution in [3.05, 3.63) is 30.3 Å². The van der Waals surface area contributed by atoms with E-state index in [-0.39, 0.29) is 6.03 Å². The minimum absolute atomic E-state index is 0.194. The minimum Gasteiger partial charge on any atom is -0.376 e. The normalized spacial score (nSPS) is 16.0. The number of benzene rings is 1. The van der Waals surface area contributed by atoms with Gasteiger partial charge >= 0.3 is 6.03 Å². The van der Waals surface area contributed by atoms with Crippen molar-refractivity contribution in [2.75, 3.05) is 31.6 Å². The predicted molar refractivity (Wildman–Crippen MR) is 75.3 cm³/mol. The highest BCUT2D eigenvalue weighted by Crippen LogP contribution is 2.06. The van der Waals surface area contributed by atoms with E-state index in [1.165, 1.54) is 0 Å². The molecule has 1 aromatic rings. The maximum atomic E-state index is 11.6. The molecule has 19 heavy (non-hydrogen) atoms. The van der Waals surface area contributed by atoms with Crippen LogP contribution in [0, 0.1) is 0 Å².